The van der Waals surface area contributed by atoms with Crippen molar-refractivity contribution in [2.24, 2.45) is 5.73 Å². The number of rotatable bonds is 6. The first kappa shape index (κ1) is 15.6. The van der Waals surface area contributed by atoms with Crippen molar-refractivity contribution >= 4 is 0 Å². The highest BCUT2D eigenvalue weighted by Crippen LogP contribution is 2.20. The van der Waals surface area contributed by atoms with Crippen LogP contribution in [0.4, 0.5) is 0 Å². The Hall–Kier alpha value is -1.80. The molecule has 0 radical (unpaired) electrons. The van der Waals surface area contributed by atoms with E-state index in [1.807, 2.05) is 12.1 Å². The van der Waals surface area contributed by atoms with E-state index in [0.717, 1.165) is 5.75 Å². The first-order valence-corrected chi connectivity index (χ1v) is 7.61. The quantitative estimate of drug-likeness (QED) is 0.850. The molecule has 2 heteroatoms. The average molecular weight is 283 g/mol. The number of ether oxygens (including phenoxy) is 1. The standard InChI is InChI=1S/C19H25NO/c1-14(2)17-8-10-19(11-9-17)21-13-16-4-6-18(7-5-16)15(3)12-20/h4-11,14-15H,12-13,20H2,1-3H3. The molecule has 0 aliphatic carbocycles. The maximum Gasteiger partial charge on any atom is 0.119 e. The van der Waals surface area contributed by atoms with Crippen LogP contribution in [-0.4, -0.2) is 6.54 Å². The molecule has 0 fully saturated rings. The van der Waals surface area contributed by atoms with E-state index in [4.69, 9.17) is 10.5 Å². The third-order valence-corrected chi connectivity index (χ3v) is 3.85. The molecule has 0 heterocycles. The number of hydrogen-bond donors (Lipinski definition) is 1. The Morgan fingerprint density at radius 1 is 0.857 bits per heavy atom. The van der Waals surface area contributed by atoms with E-state index in [9.17, 15) is 0 Å². The lowest BCUT2D eigenvalue weighted by atomic mass is 10.0. The number of nitrogens with two attached hydrogens (primary N) is 1. The van der Waals surface area contributed by atoms with Gasteiger partial charge in [0.1, 0.15) is 12.4 Å². The minimum atomic E-state index is 0.406. The Morgan fingerprint density at radius 3 is 1.95 bits per heavy atom. The molecule has 1 unspecified atom stereocenters. The first-order chi connectivity index (χ1) is 10.1. The van der Waals surface area contributed by atoms with E-state index < -0.39 is 0 Å². The molecule has 0 amide bonds. The van der Waals surface area contributed by atoms with Gasteiger partial charge < -0.3 is 10.5 Å². The maximum atomic E-state index is 5.83. The van der Waals surface area contributed by atoms with Crippen molar-refractivity contribution in [3.63, 3.8) is 0 Å². The third kappa shape index (κ3) is 4.33. The molecule has 0 saturated heterocycles. The first-order valence-electron chi connectivity index (χ1n) is 7.61. The summed E-state index contributed by atoms with van der Waals surface area (Å²) in [4.78, 5) is 0. The van der Waals surface area contributed by atoms with Crippen molar-refractivity contribution < 1.29 is 4.74 Å². The summed E-state index contributed by atoms with van der Waals surface area (Å²) in [5.74, 6) is 1.87. The van der Waals surface area contributed by atoms with Crippen LogP contribution in [0.1, 0.15) is 49.3 Å². The van der Waals surface area contributed by atoms with Crippen LogP contribution in [0, 0.1) is 0 Å². The van der Waals surface area contributed by atoms with E-state index in [2.05, 4.69) is 57.2 Å². The van der Waals surface area contributed by atoms with Gasteiger partial charge in [-0.05, 0) is 47.2 Å². The summed E-state index contributed by atoms with van der Waals surface area (Å²) in [5, 5.41) is 0. The molecule has 0 bridgehead atoms. The summed E-state index contributed by atoms with van der Waals surface area (Å²) in [5.41, 5.74) is 9.48. The van der Waals surface area contributed by atoms with Gasteiger partial charge in [0, 0.05) is 0 Å². The highest BCUT2D eigenvalue weighted by Gasteiger charge is 2.03. The Kier molecular flexibility index (Phi) is 5.40. The van der Waals surface area contributed by atoms with Gasteiger partial charge in [-0.1, -0.05) is 57.2 Å². The van der Waals surface area contributed by atoms with Crippen molar-refractivity contribution in [3.8, 4) is 5.75 Å². The fourth-order valence-electron chi connectivity index (χ4n) is 2.19. The Labute approximate surface area is 127 Å². The molecule has 0 aliphatic heterocycles. The molecule has 2 aromatic carbocycles. The predicted molar refractivity (Wildman–Crippen MR) is 88.8 cm³/mol. The molecule has 0 aromatic heterocycles. The summed E-state index contributed by atoms with van der Waals surface area (Å²) >= 11 is 0. The summed E-state index contributed by atoms with van der Waals surface area (Å²) < 4.78 is 5.83. The molecular weight excluding hydrogens is 258 g/mol. The largest absolute Gasteiger partial charge is 0.489 e. The fraction of sp³-hybridized carbons (Fsp3) is 0.368. The van der Waals surface area contributed by atoms with E-state index in [0.29, 0.717) is 25.0 Å². The van der Waals surface area contributed by atoms with Crippen LogP contribution in [0.3, 0.4) is 0 Å². The molecule has 21 heavy (non-hydrogen) atoms. The monoisotopic (exact) mass is 283 g/mol. The van der Waals surface area contributed by atoms with E-state index in [1.54, 1.807) is 0 Å². The third-order valence-electron chi connectivity index (χ3n) is 3.85. The minimum absolute atomic E-state index is 0.406. The van der Waals surface area contributed by atoms with Crippen LogP contribution in [-0.2, 0) is 6.61 Å². The molecule has 2 aromatic rings. The van der Waals surface area contributed by atoms with E-state index >= 15 is 0 Å². The average Bonchev–Trinajstić information content (AvgIpc) is 2.53. The van der Waals surface area contributed by atoms with Gasteiger partial charge in [-0.25, -0.2) is 0 Å². The zero-order chi connectivity index (χ0) is 15.2. The Morgan fingerprint density at radius 2 is 1.43 bits per heavy atom. The smallest absolute Gasteiger partial charge is 0.119 e. The van der Waals surface area contributed by atoms with Crippen molar-refractivity contribution in [1.29, 1.82) is 0 Å². The van der Waals surface area contributed by atoms with Gasteiger partial charge >= 0.3 is 0 Å². The van der Waals surface area contributed by atoms with Crippen LogP contribution >= 0.6 is 0 Å². The van der Waals surface area contributed by atoms with Crippen LogP contribution < -0.4 is 10.5 Å². The molecule has 112 valence electrons. The van der Waals surface area contributed by atoms with Gasteiger partial charge in [0.25, 0.3) is 0 Å². The van der Waals surface area contributed by atoms with Crippen molar-refractivity contribution in [1.82, 2.24) is 0 Å². The molecular formula is C19H25NO. The van der Waals surface area contributed by atoms with Crippen molar-refractivity contribution in [2.45, 2.75) is 39.2 Å². The lowest BCUT2D eigenvalue weighted by Crippen LogP contribution is -2.08. The Bertz CT molecular complexity index is 543. The van der Waals surface area contributed by atoms with E-state index in [-0.39, 0.29) is 0 Å². The predicted octanol–water partition coefficient (Wildman–Crippen LogP) is 4.45. The number of benzene rings is 2. The SMILES string of the molecule is CC(C)c1ccc(OCc2ccc(C(C)CN)cc2)cc1. The van der Waals surface area contributed by atoms with Crippen LogP contribution in [0.25, 0.3) is 0 Å². The van der Waals surface area contributed by atoms with Gasteiger partial charge in [0.15, 0.2) is 0 Å². The van der Waals surface area contributed by atoms with Crippen molar-refractivity contribution in [3.05, 3.63) is 65.2 Å². The van der Waals surface area contributed by atoms with Gasteiger partial charge in [0.2, 0.25) is 0 Å². The molecule has 2 N–H and O–H groups in total. The molecule has 2 rings (SSSR count). The maximum absolute atomic E-state index is 5.83. The second kappa shape index (κ2) is 7.28. The topological polar surface area (TPSA) is 35.2 Å². The highest BCUT2D eigenvalue weighted by molar-refractivity contribution is 5.30. The molecule has 0 spiro atoms. The lowest BCUT2D eigenvalue weighted by Gasteiger charge is -2.11. The normalized spacial score (nSPS) is 12.4. The number of hydrogen-bond acceptors (Lipinski definition) is 2. The second-order valence-electron chi connectivity index (χ2n) is 5.89. The van der Waals surface area contributed by atoms with Crippen LogP contribution in [0.2, 0.25) is 0 Å². The summed E-state index contributed by atoms with van der Waals surface area (Å²) in [6.45, 7) is 7.80. The van der Waals surface area contributed by atoms with Gasteiger partial charge in [-0.3, -0.25) is 0 Å². The molecule has 0 aliphatic rings. The Balaban J connectivity index is 1.93. The second-order valence-corrected chi connectivity index (χ2v) is 5.89. The summed E-state index contributed by atoms with van der Waals surface area (Å²) in [6.07, 6.45) is 0. The summed E-state index contributed by atoms with van der Waals surface area (Å²) in [7, 11) is 0. The van der Waals surface area contributed by atoms with Crippen LogP contribution in [0.5, 0.6) is 5.75 Å². The molecule has 0 saturated carbocycles. The summed E-state index contributed by atoms with van der Waals surface area (Å²) in [6, 6.07) is 16.8. The minimum Gasteiger partial charge on any atom is -0.489 e. The zero-order valence-corrected chi connectivity index (χ0v) is 13.2. The molecule has 2 nitrogen and oxygen atoms in total. The van der Waals surface area contributed by atoms with E-state index in [1.165, 1.54) is 16.7 Å². The zero-order valence-electron chi connectivity index (χ0n) is 13.2. The fourth-order valence-corrected chi connectivity index (χ4v) is 2.19. The lowest BCUT2D eigenvalue weighted by molar-refractivity contribution is 0.306. The molecule has 1 atom stereocenters. The highest BCUT2D eigenvalue weighted by atomic mass is 16.5. The van der Waals surface area contributed by atoms with Gasteiger partial charge in [-0.2, -0.15) is 0 Å². The van der Waals surface area contributed by atoms with Crippen molar-refractivity contribution in [2.75, 3.05) is 6.54 Å². The van der Waals surface area contributed by atoms with Gasteiger partial charge in [-0.15, -0.1) is 0 Å². The van der Waals surface area contributed by atoms with Gasteiger partial charge in [0.05, 0.1) is 0 Å². The van der Waals surface area contributed by atoms with Crippen LogP contribution in [0.15, 0.2) is 48.5 Å².